The van der Waals surface area contributed by atoms with Gasteiger partial charge in [0.15, 0.2) is 0 Å². The first-order valence-electron chi connectivity index (χ1n) is 12.6. The standard InChI is InChI=1S/C27H44O3/c1-2-3-4-5-6-7-8-9-10-11-12-13-17-20-26(25-21-22-29-27(25)28)30-23-24-18-15-14-16-19-24/h14-16,18-19,25-26H,2-13,17,20-23H2,1H3/t25-,26+/m0/s1. The molecule has 2 atom stereocenters. The summed E-state index contributed by atoms with van der Waals surface area (Å²) < 4.78 is 11.4. The summed E-state index contributed by atoms with van der Waals surface area (Å²) in [6.07, 6.45) is 19.4. The predicted octanol–water partition coefficient (Wildman–Crippen LogP) is 7.62. The van der Waals surface area contributed by atoms with Crippen LogP contribution in [0.25, 0.3) is 0 Å². The lowest BCUT2D eigenvalue weighted by atomic mass is 9.95. The lowest BCUT2D eigenvalue weighted by Crippen LogP contribution is -2.27. The van der Waals surface area contributed by atoms with E-state index in [1.807, 2.05) is 18.2 Å². The zero-order valence-electron chi connectivity index (χ0n) is 19.3. The second-order valence-electron chi connectivity index (χ2n) is 8.93. The maximum atomic E-state index is 12.1. The summed E-state index contributed by atoms with van der Waals surface area (Å²) in [6.45, 7) is 3.40. The van der Waals surface area contributed by atoms with Crippen LogP contribution in [0.2, 0.25) is 0 Å². The minimum atomic E-state index is -0.0777. The summed E-state index contributed by atoms with van der Waals surface area (Å²) >= 11 is 0. The molecule has 1 saturated heterocycles. The van der Waals surface area contributed by atoms with Crippen molar-refractivity contribution in [2.24, 2.45) is 5.92 Å². The SMILES string of the molecule is CCCCCCCCCCCCCCC[C@@H](OCc1ccccc1)[C@@H]1CCOC1=O. The summed E-state index contributed by atoms with van der Waals surface area (Å²) in [6, 6.07) is 10.2. The maximum Gasteiger partial charge on any atom is 0.311 e. The van der Waals surface area contributed by atoms with Crippen molar-refractivity contribution in [1.29, 1.82) is 0 Å². The summed E-state index contributed by atoms with van der Waals surface area (Å²) in [5, 5.41) is 0. The van der Waals surface area contributed by atoms with Gasteiger partial charge in [-0.15, -0.1) is 0 Å². The minimum absolute atomic E-state index is 0.00656. The Morgan fingerprint density at radius 2 is 1.43 bits per heavy atom. The van der Waals surface area contributed by atoms with Gasteiger partial charge in [0.05, 0.1) is 25.2 Å². The largest absolute Gasteiger partial charge is 0.465 e. The van der Waals surface area contributed by atoms with Crippen LogP contribution < -0.4 is 0 Å². The maximum absolute atomic E-state index is 12.1. The van der Waals surface area contributed by atoms with Gasteiger partial charge in [0.25, 0.3) is 0 Å². The van der Waals surface area contributed by atoms with Crippen molar-refractivity contribution in [2.45, 2.75) is 116 Å². The number of carbonyl (C=O) groups is 1. The smallest absolute Gasteiger partial charge is 0.311 e. The Morgan fingerprint density at radius 3 is 1.97 bits per heavy atom. The van der Waals surface area contributed by atoms with Gasteiger partial charge in [0, 0.05) is 0 Å². The van der Waals surface area contributed by atoms with E-state index in [0.29, 0.717) is 13.2 Å². The van der Waals surface area contributed by atoms with Crippen molar-refractivity contribution in [2.75, 3.05) is 6.61 Å². The number of hydrogen-bond donors (Lipinski definition) is 0. The normalized spacial score (nSPS) is 17.2. The Bertz CT molecular complexity index is 542. The van der Waals surface area contributed by atoms with Crippen LogP contribution in [-0.4, -0.2) is 18.7 Å². The average Bonchev–Trinajstić information content (AvgIpc) is 3.20. The van der Waals surface area contributed by atoms with Crippen LogP contribution in [0.1, 0.15) is 109 Å². The minimum Gasteiger partial charge on any atom is -0.465 e. The first-order valence-corrected chi connectivity index (χ1v) is 12.6. The number of benzene rings is 1. The third kappa shape index (κ3) is 10.6. The fourth-order valence-electron chi connectivity index (χ4n) is 4.39. The Labute approximate surface area is 184 Å². The number of hydrogen-bond acceptors (Lipinski definition) is 3. The molecule has 30 heavy (non-hydrogen) atoms. The Balaban J connectivity index is 1.53. The molecule has 1 aliphatic heterocycles. The molecular formula is C27H44O3. The van der Waals surface area contributed by atoms with Gasteiger partial charge in [-0.2, -0.15) is 0 Å². The fourth-order valence-corrected chi connectivity index (χ4v) is 4.39. The molecule has 0 aromatic heterocycles. The van der Waals surface area contributed by atoms with Crippen LogP contribution in [0.4, 0.5) is 0 Å². The number of ether oxygens (including phenoxy) is 2. The molecule has 1 fully saturated rings. The molecule has 2 rings (SSSR count). The van der Waals surface area contributed by atoms with Crippen LogP contribution in [0.3, 0.4) is 0 Å². The lowest BCUT2D eigenvalue weighted by molar-refractivity contribution is -0.145. The van der Waals surface area contributed by atoms with Crippen LogP contribution in [0, 0.1) is 5.92 Å². The average molecular weight is 417 g/mol. The zero-order chi connectivity index (χ0) is 21.3. The van der Waals surface area contributed by atoms with Crippen molar-refractivity contribution >= 4 is 5.97 Å². The van der Waals surface area contributed by atoms with E-state index in [0.717, 1.165) is 19.3 Å². The highest BCUT2D eigenvalue weighted by Crippen LogP contribution is 2.26. The highest BCUT2D eigenvalue weighted by Gasteiger charge is 2.34. The van der Waals surface area contributed by atoms with Gasteiger partial charge < -0.3 is 9.47 Å². The molecule has 3 nitrogen and oxygen atoms in total. The van der Waals surface area contributed by atoms with Gasteiger partial charge in [-0.3, -0.25) is 4.79 Å². The molecule has 1 aromatic rings. The zero-order valence-corrected chi connectivity index (χ0v) is 19.3. The number of cyclic esters (lactones) is 1. The van der Waals surface area contributed by atoms with E-state index in [4.69, 9.17) is 9.47 Å². The van der Waals surface area contributed by atoms with Gasteiger partial charge in [-0.25, -0.2) is 0 Å². The molecule has 1 aliphatic rings. The molecule has 3 heteroatoms. The third-order valence-corrected chi connectivity index (χ3v) is 6.32. The van der Waals surface area contributed by atoms with Gasteiger partial charge in [0.2, 0.25) is 0 Å². The molecule has 0 bridgehead atoms. The van der Waals surface area contributed by atoms with E-state index in [-0.39, 0.29) is 18.0 Å². The predicted molar refractivity (Wildman–Crippen MR) is 124 cm³/mol. The van der Waals surface area contributed by atoms with E-state index < -0.39 is 0 Å². The molecule has 0 saturated carbocycles. The number of rotatable bonds is 18. The Kier molecular flexibility index (Phi) is 13.6. The molecule has 0 radical (unpaired) electrons. The molecule has 0 aliphatic carbocycles. The van der Waals surface area contributed by atoms with Gasteiger partial charge in [-0.1, -0.05) is 121 Å². The van der Waals surface area contributed by atoms with Crippen molar-refractivity contribution < 1.29 is 14.3 Å². The highest BCUT2D eigenvalue weighted by atomic mass is 16.5. The summed E-state index contributed by atoms with van der Waals surface area (Å²) in [5.74, 6) is -0.145. The summed E-state index contributed by atoms with van der Waals surface area (Å²) in [5.41, 5.74) is 1.17. The molecular weight excluding hydrogens is 372 g/mol. The van der Waals surface area contributed by atoms with Crippen LogP contribution in [0.15, 0.2) is 30.3 Å². The first kappa shape index (κ1) is 24.9. The third-order valence-electron chi connectivity index (χ3n) is 6.32. The number of unbranched alkanes of at least 4 members (excludes halogenated alkanes) is 12. The molecule has 0 N–H and O–H groups in total. The lowest BCUT2D eigenvalue weighted by Gasteiger charge is -2.21. The van der Waals surface area contributed by atoms with Gasteiger partial charge in [0.1, 0.15) is 0 Å². The second kappa shape index (κ2) is 16.4. The molecule has 0 unspecified atom stereocenters. The second-order valence-corrected chi connectivity index (χ2v) is 8.93. The van der Waals surface area contributed by atoms with E-state index in [1.165, 1.54) is 82.6 Å². The first-order chi connectivity index (χ1) is 14.8. The van der Waals surface area contributed by atoms with Gasteiger partial charge >= 0.3 is 5.97 Å². The van der Waals surface area contributed by atoms with E-state index in [1.54, 1.807) is 0 Å². The monoisotopic (exact) mass is 416 g/mol. The molecule has 0 spiro atoms. The van der Waals surface area contributed by atoms with Crippen molar-refractivity contribution in [3.63, 3.8) is 0 Å². The molecule has 1 heterocycles. The van der Waals surface area contributed by atoms with Crippen LogP contribution >= 0.6 is 0 Å². The van der Waals surface area contributed by atoms with Gasteiger partial charge in [-0.05, 0) is 18.4 Å². The van der Waals surface area contributed by atoms with E-state index >= 15 is 0 Å². The number of esters is 1. The Hall–Kier alpha value is -1.35. The molecule has 170 valence electrons. The van der Waals surface area contributed by atoms with E-state index in [9.17, 15) is 4.79 Å². The number of carbonyl (C=O) groups excluding carboxylic acids is 1. The van der Waals surface area contributed by atoms with E-state index in [2.05, 4.69) is 19.1 Å². The summed E-state index contributed by atoms with van der Waals surface area (Å²) in [4.78, 5) is 12.1. The highest BCUT2D eigenvalue weighted by molar-refractivity contribution is 5.74. The molecule has 1 aromatic carbocycles. The fraction of sp³-hybridized carbons (Fsp3) is 0.741. The van der Waals surface area contributed by atoms with Crippen LogP contribution in [0.5, 0.6) is 0 Å². The van der Waals surface area contributed by atoms with Crippen molar-refractivity contribution in [1.82, 2.24) is 0 Å². The topological polar surface area (TPSA) is 35.5 Å². The molecule has 0 amide bonds. The summed E-state index contributed by atoms with van der Waals surface area (Å²) in [7, 11) is 0. The quantitative estimate of drug-likeness (QED) is 0.182. The van der Waals surface area contributed by atoms with Crippen molar-refractivity contribution in [3.8, 4) is 0 Å². The van der Waals surface area contributed by atoms with Crippen molar-refractivity contribution in [3.05, 3.63) is 35.9 Å². The Morgan fingerprint density at radius 1 is 0.867 bits per heavy atom. The van der Waals surface area contributed by atoms with Crippen LogP contribution in [-0.2, 0) is 20.9 Å².